The van der Waals surface area contributed by atoms with E-state index in [2.05, 4.69) is 18.5 Å². The van der Waals surface area contributed by atoms with Crippen LogP contribution in [0.3, 0.4) is 0 Å². The number of para-hydroxylation sites is 1. The average molecular weight is 423 g/mol. The first kappa shape index (κ1) is 22.8. The lowest BCUT2D eigenvalue weighted by molar-refractivity contribution is -0.112. The molecule has 2 aromatic rings. The van der Waals surface area contributed by atoms with Gasteiger partial charge in [0.2, 0.25) is 0 Å². The van der Waals surface area contributed by atoms with Crippen molar-refractivity contribution in [3.8, 4) is 17.6 Å². The topological polar surface area (TPSA) is 71.3 Å². The van der Waals surface area contributed by atoms with Crippen LogP contribution in [0.5, 0.6) is 11.5 Å². The Balaban J connectivity index is 2.44. The van der Waals surface area contributed by atoms with E-state index in [9.17, 15) is 10.1 Å². The number of hydrogen-bond donors (Lipinski definition) is 1. The third-order valence-electron chi connectivity index (χ3n) is 3.96. The molecule has 1 N–H and O–H groups in total. The van der Waals surface area contributed by atoms with E-state index in [0.717, 1.165) is 5.56 Å². The highest BCUT2D eigenvalue weighted by Crippen LogP contribution is 2.35. The molecule has 0 spiro atoms. The van der Waals surface area contributed by atoms with E-state index in [0.29, 0.717) is 47.4 Å². The minimum absolute atomic E-state index is 0.0679. The van der Waals surface area contributed by atoms with E-state index in [-0.39, 0.29) is 5.57 Å². The Bertz CT molecular complexity index is 1010. The molecule has 0 radical (unpaired) electrons. The van der Waals surface area contributed by atoms with Crippen LogP contribution in [0.1, 0.15) is 18.1 Å². The van der Waals surface area contributed by atoms with Gasteiger partial charge in [0, 0.05) is 5.56 Å². The normalized spacial score (nSPS) is 10.6. The summed E-state index contributed by atoms with van der Waals surface area (Å²) >= 11 is 6.08. The number of nitrogens with one attached hydrogen (secondary N) is 1. The van der Waals surface area contributed by atoms with E-state index >= 15 is 0 Å². The molecule has 0 atom stereocenters. The predicted molar refractivity (Wildman–Crippen MR) is 121 cm³/mol. The van der Waals surface area contributed by atoms with Gasteiger partial charge in [-0.1, -0.05) is 42.5 Å². The number of anilines is 1. The molecule has 1 amide bonds. The van der Waals surface area contributed by atoms with E-state index < -0.39 is 5.91 Å². The molecule has 6 heteroatoms. The van der Waals surface area contributed by atoms with Crippen molar-refractivity contribution in [3.63, 3.8) is 0 Å². The highest BCUT2D eigenvalue weighted by Gasteiger charge is 2.15. The highest BCUT2D eigenvalue weighted by molar-refractivity contribution is 6.34. The second kappa shape index (κ2) is 11.5. The van der Waals surface area contributed by atoms with Gasteiger partial charge in [0.15, 0.2) is 11.5 Å². The van der Waals surface area contributed by atoms with Crippen molar-refractivity contribution in [3.05, 3.63) is 83.4 Å². The van der Waals surface area contributed by atoms with Crippen LogP contribution in [0.4, 0.5) is 5.69 Å². The van der Waals surface area contributed by atoms with Crippen LogP contribution in [0, 0.1) is 11.3 Å². The Morgan fingerprint density at radius 1 is 1.23 bits per heavy atom. The van der Waals surface area contributed by atoms with Crippen LogP contribution in [-0.4, -0.2) is 19.1 Å². The van der Waals surface area contributed by atoms with Gasteiger partial charge in [0.05, 0.1) is 17.3 Å². The van der Waals surface area contributed by atoms with Crippen LogP contribution in [0.2, 0.25) is 5.02 Å². The molecule has 154 valence electrons. The van der Waals surface area contributed by atoms with Crippen molar-refractivity contribution < 1.29 is 14.3 Å². The zero-order valence-electron chi connectivity index (χ0n) is 16.8. The van der Waals surface area contributed by atoms with Gasteiger partial charge in [0.25, 0.3) is 5.91 Å². The molecule has 30 heavy (non-hydrogen) atoms. The number of nitrogens with zero attached hydrogens (tertiary/aromatic N) is 1. The molecule has 2 aromatic carbocycles. The fraction of sp³-hybridized carbons (Fsp3) is 0.167. The van der Waals surface area contributed by atoms with Gasteiger partial charge in [-0.05, 0) is 49.2 Å². The fourth-order valence-electron chi connectivity index (χ4n) is 2.71. The first-order valence-corrected chi connectivity index (χ1v) is 9.73. The van der Waals surface area contributed by atoms with Crippen LogP contribution < -0.4 is 14.8 Å². The zero-order valence-corrected chi connectivity index (χ0v) is 17.5. The fourth-order valence-corrected chi connectivity index (χ4v) is 2.89. The molecule has 0 saturated heterocycles. The smallest absolute Gasteiger partial charge is 0.266 e. The molecule has 0 aliphatic heterocycles. The van der Waals surface area contributed by atoms with Crippen LogP contribution in [0.25, 0.3) is 6.08 Å². The molecule has 0 fully saturated rings. The second-order valence-electron chi connectivity index (χ2n) is 6.14. The number of nitriles is 1. The molecule has 0 saturated carbocycles. The van der Waals surface area contributed by atoms with E-state index in [1.54, 1.807) is 42.5 Å². The first-order chi connectivity index (χ1) is 14.5. The lowest BCUT2D eigenvalue weighted by atomic mass is 10.0. The van der Waals surface area contributed by atoms with Gasteiger partial charge < -0.3 is 14.8 Å². The number of carbonyl (C=O) groups excluding carboxylic acids is 1. The van der Waals surface area contributed by atoms with Gasteiger partial charge in [0.1, 0.15) is 18.2 Å². The monoisotopic (exact) mass is 422 g/mol. The minimum atomic E-state index is -0.555. The SMILES string of the molecule is C=CCOc1c(CC=C)cc(/C=C(\C#N)C(=O)Nc2ccccc2Cl)cc1OCC. The number of benzene rings is 2. The van der Waals surface area contributed by atoms with Gasteiger partial charge in [-0.15, -0.1) is 6.58 Å². The molecule has 0 bridgehead atoms. The summed E-state index contributed by atoms with van der Waals surface area (Å²) in [5, 5.41) is 12.6. The Labute approximate surface area is 181 Å². The van der Waals surface area contributed by atoms with Crippen molar-refractivity contribution >= 4 is 29.3 Å². The van der Waals surface area contributed by atoms with Crippen molar-refractivity contribution in [2.45, 2.75) is 13.3 Å². The van der Waals surface area contributed by atoms with Crippen LogP contribution in [0.15, 0.2) is 67.3 Å². The van der Waals surface area contributed by atoms with Gasteiger partial charge in [-0.3, -0.25) is 4.79 Å². The minimum Gasteiger partial charge on any atom is -0.490 e. The lowest BCUT2D eigenvalue weighted by Gasteiger charge is -2.16. The summed E-state index contributed by atoms with van der Waals surface area (Å²) < 4.78 is 11.5. The molecule has 2 rings (SSSR count). The number of hydrogen-bond acceptors (Lipinski definition) is 4. The number of halogens is 1. The first-order valence-electron chi connectivity index (χ1n) is 9.36. The Morgan fingerprint density at radius 2 is 2.00 bits per heavy atom. The van der Waals surface area contributed by atoms with Crippen molar-refractivity contribution in [2.24, 2.45) is 0 Å². The number of allylic oxidation sites excluding steroid dienone is 1. The molecular formula is C24H23ClN2O3. The number of ether oxygens (including phenoxy) is 2. The lowest BCUT2D eigenvalue weighted by Crippen LogP contribution is -2.13. The Kier molecular flexibility index (Phi) is 8.74. The van der Waals surface area contributed by atoms with E-state index in [4.69, 9.17) is 21.1 Å². The second-order valence-corrected chi connectivity index (χ2v) is 6.54. The maximum atomic E-state index is 12.6. The van der Waals surface area contributed by atoms with Crippen molar-refractivity contribution in [1.29, 1.82) is 5.26 Å². The van der Waals surface area contributed by atoms with Crippen molar-refractivity contribution in [1.82, 2.24) is 0 Å². The maximum Gasteiger partial charge on any atom is 0.266 e. The van der Waals surface area contributed by atoms with Gasteiger partial charge >= 0.3 is 0 Å². The quantitative estimate of drug-likeness (QED) is 0.308. The molecule has 0 heterocycles. The number of carbonyl (C=O) groups is 1. The summed E-state index contributed by atoms with van der Waals surface area (Å²) in [7, 11) is 0. The Hall–Kier alpha value is -3.49. The zero-order chi connectivity index (χ0) is 21.9. The predicted octanol–water partition coefficient (Wildman–Crippen LogP) is 5.58. The van der Waals surface area contributed by atoms with Crippen LogP contribution in [-0.2, 0) is 11.2 Å². The molecule has 5 nitrogen and oxygen atoms in total. The van der Waals surface area contributed by atoms with E-state index in [1.165, 1.54) is 6.08 Å². The summed E-state index contributed by atoms with van der Waals surface area (Å²) in [6, 6.07) is 12.3. The maximum absolute atomic E-state index is 12.6. The molecule has 0 unspecified atom stereocenters. The van der Waals surface area contributed by atoms with E-state index in [1.807, 2.05) is 19.1 Å². The van der Waals surface area contributed by atoms with Gasteiger partial charge in [-0.25, -0.2) is 0 Å². The van der Waals surface area contributed by atoms with Crippen LogP contribution >= 0.6 is 11.6 Å². The standard InChI is InChI=1S/C24H23ClN2O3/c1-4-9-18-13-17(15-22(29-6-3)23(18)30-12-5-2)14-19(16-26)24(28)27-21-11-8-7-10-20(21)25/h4-5,7-8,10-11,13-15H,1-2,6,9,12H2,3H3,(H,27,28)/b19-14+. The van der Waals surface area contributed by atoms with Crippen molar-refractivity contribution in [2.75, 3.05) is 18.5 Å². The third-order valence-corrected chi connectivity index (χ3v) is 4.29. The number of rotatable bonds is 10. The highest BCUT2D eigenvalue weighted by atomic mass is 35.5. The van der Waals surface area contributed by atoms with Gasteiger partial charge in [-0.2, -0.15) is 5.26 Å². The number of amides is 1. The largest absolute Gasteiger partial charge is 0.490 e. The summed E-state index contributed by atoms with van der Waals surface area (Å²) in [4.78, 5) is 12.6. The molecule has 0 aromatic heterocycles. The molecule has 0 aliphatic rings. The Morgan fingerprint density at radius 3 is 2.63 bits per heavy atom. The summed E-state index contributed by atoms with van der Waals surface area (Å²) in [5.41, 5.74) is 1.82. The molecule has 0 aliphatic carbocycles. The third kappa shape index (κ3) is 6.00. The average Bonchev–Trinajstić information content (AvgIpc) is 2.73. The summed E-state index contributed by atoms with van der Waals surface area (Å²) in [5.74, 6) is 0.558. The molecular weight excluding hydrogens is 400 g/mol. The summed E-state index contributed by atoms with van der Waals surface area (Å²) in [6.07, 6.45) is 5.42. The summed E-state index contributed by atoms with van der Waals surface area (Å²) in [6.45, 7) is 10.1.